The molecule has 1 aliphatic heterocycles. The molecule has 1 N–H and O–H groups in total. The largest absolute Gasteiger partial charge is 0.378 e. The van der Waals surface area contributed by atoms with Gasteiger partial charge in [-0.25, -0.2) is 9.49 Å². The first-order valence-corrected chi connectivity index (χ1v) is 10.7. The predicted octanol–water partition coefficient (Wildman–Crippen LogP) is 3.68. The quantitative estimate of drug-likeness (QED) is 0.656. The Labute approximate surface area is 180 Å². The number of H-pyrrole nitrogens is 1. The van der Waals surface area contributed by atoms with Crippen molar-refractivity contribution in [1.29, 1.82) is 0 Å². The summed E-state index contributed by atoms with van der Waals surface area (Å²) < 4.78 is 20.3. The number of likely N-dealkylation sites (tertiary alicyclic amines) is 1. The fourth-order valence-corrected chi connectivity index (χ4v) is 4.03. The van der Waals surface area contributed by atoms with Crippen LogP contribution in [0.3, 0.4) is 0 Å². The number of aromatic amines is 1. The number of rotatable bonds is 6. The minimum Gasteiger partial charge on any atom is -0.378 e. The Kier molecular flexibility index (Phi) is 6.42. The molecule has 1 amide bonds. The molecule has 2 heterocycles. The van der Waals surface area contributed by atoms with Crippen LogP contribution in [0, 0.1) is 5.82 Å². The smallest absolute Gasteiger partial charge is 0.272 e. The zero-order valence-corrected chi connectivity index (χ0v) is 17.6. The van der Waals surface area contributed by atoms with Crippen LogP contribution < -0.4 is 5.56 Å². The van der Waals surface area contributed by atoms with Gasteiger partial charge < -0.3 is 9.64 Å². The van der Waals surface area contributed by atoms with Gasteiger partial charge in [-0.2, -0.15) is 5.10 Å². The van der Waals surface area contributed by atoms with Crippen LogP contribution in [0.15, 0.2) is 47.3 Å². The van der Waals surface area contributed by atoms with Crippen LogP contribution >= 0.6 is 0 Å². The molecule has 0 atom stereocenters. The molecule has 0 aliphatic carbocycles. The van der Waals surface area contributed by atoms with Crippen molar-refractivity contribution in [2.75, 3.05) is 19.7 Å². The molecule has 1 fully saturated rings. The maximum absolute atomic E-state index is 14.5. The van der Waals surface area contributed by atoms with Crippen molar-refractivity contribution in [1.82, 2.24) is 15.1 Å². The van der Waals surface area contributed by atoms with Crippen LogP contribution in [-0.2, 0) is 11.2 Å². The summed E-state index contributed by atoms with van der Waals surface area (Å²) in [4.78, 5) is 26.7. The summed E-state index contributed by atoms with van der Waals surface area (Å²) in [7, 11) is 0. The van der Waals surface area contributed by atoms with E-state index in [2.05, 4.69) is 17.1 Å². The van der Waals surface area contributed by atoms with Crippen LogP contribution in [0.1, 0.15) is 47.8 Å². The lowest BCUT2D eigenvalue weighted by atomic mass is 10.0. The van der Waals surface area contributed by atoms with Gasteiger partial charge in [-0.15, -0.1) is 0 Å². The lowest BCUT2D eigenvalue weighted by molar-refractivity contribution is 0.00889. The Morgan fingerprint density at radius 1 is 1.19 bits per heavy atom. The SMILES string of the molecule is CCCOC1CCN(C(=O)c2cc(Cc3n[nH]c(=O)c4ccccc34)ccc2F)CC1. The molecule has 4 rings (SSSR count). The molecule has 1 aliphatic rings. The maximum atomic E-state index is 14.5. The van der Waals surface area contributed by atoms with Gasteiger partial charge in [-0.1, -0.05) is 31.2 Å². The van der Waals surface area contributed by atoms with Crippen LogP contribution in [0.25, 0.3) is 10.8 Å². The first kappa shape index (κ1) is 21.2. The Morgan fingerprint density at radius 3 is 2.68 bits per heavy atom. The summed E-state index contributed by atoms with van der Waals surface area (Å²) >= 11 is 0. The Bertz CT molecular complexity index is 1140. The van der Waals surface area contributed by atoms with Crippen molar-refractivity contribution in [3.63, 3.8) is 0 Å². The van der Waals surface area contributed by atoms with Crippen molar-refractivity contribution in [2.45, 2.75) is 38.7 Å². The number of amides is 1. The van der Waals surface area contributed by atoms with Gasteiger partial charge in [0.25, 0.3) is 11.5 Å². The van der Waals surface area contributed by atoms with Gasteiger partial charge in [0.15, 0.2) is 0 Å². The average molecular weight is 423 g/mol. The molecule has 0 saturated carbocycles. The van der Waals surface area contributed by atoms with E-state index in [0.717, 1.165) is 36.8 Å². The van der Waals surface area contributed by atoms with E-state index in [1.54, 1.807) is 29.2 Å². The zero-order chi connectivity index (χ0) is 21.8. The second-order valence-corrected chi connectivity index (χ2v) is 7.90. The molecule has 31 heavy (non-hydrogen) atoms. The van der Waals surface area contributed by atoms with Crippen molar-refractivity contribution < 1.29 is 13.9 Å². The number of nitrogens with zero attached hydrogens (tertiary/aromatic N) is 2. The summed E-state index contributed by atoms with van der Waals surface area (Å²) in [5, 5.41) is 8.00. The van der Waals surface area contributed by atoms with Crippen LogP contribution in [0.2, 0.25) is 0 Å². The van der Waals surface area contributed by atoms with Gasteiger partial charge in [-0.3, -0.25) is 9.59 Å². The highest BCUT2D eigenvalue weighted by Crippen LogP contribution is 2.21. The van der Waals surface area contributed by atoms with Crippen LogP contribution in [0.4, 0.5) is 4.39 Å². The average Bonchev–Trinajstić information content (AvgIpc) is 2.81. The zero-order valence-electron chi connectivity index (χ0n) is 17.6. The molecule has 3 aromatic rings. The lowest BCUT2D eigenvalue weighted by Gasteiger charge is -2.32. The van der Waals surface area contributed by atoms with Crippen molar-refractivity contribution in [3.05, 3.63) is 75.5 Å². The number of hydrogen-bond donors (Lipinski definition) is 1. The molecule has 6 nitrogen and oxygen atoms in total. The minimum atomic E-state index is -0.530. The lowest BCUT2D eigenvalue weighted by Crippen LogP contribution is -2.41. The third-order valence-electron chi connectivity index (χ3n) is 5.69. The molecule has 0 bridgehead atoms. The summed E-state index contributed by atoms with van der Waals surface area (Å²) in [6.45, 7) is 3.91. The van der Waals surface area contributed by atoms with Crippen molar-refractivity contribution in [2.24, 2.45) is 0 Å². The fraction of sp³-hybridized carbons (Fsp3) is 0.375. The van der Waals surface area contributed by atoms with E-state index in [1.807, 2.05) is 12.1 Å². The molecular formula is C24H26FN3O3. The molecule has 0 spiro atoms. The van der Waals surface area contributed by atoms with E-state index in [0.29, 0.717) is 30.6 Å². The predicted molar refractivity (Wildman–Crippen MR) is 117 cm³/mol. The molecule has 0 radical (unpaired) electrons. The van der Waals surface area contributed by atoms with Crippen molar-refractivity contribution >= 4 is 16.7 Å². The summed E-state index contributed by atoms with van der Waals surface area (Å²) in [5.74, 6) is -0.829. The number of carbonyl (C=O) groups is 1. The molecular weight excluding hydrogens is 397 g/mol. The third-order valence-corrected chi connectivity index (χ3v) is 5.69. The fourth-order valence-electron chi connectivity index (χ4n) is 4.03. The van der Waals surface area contributed by atoms with Gasteiger partial charge in [0.05, 0.1) is 22.7 Å². The number of hydrogen-bond acceptors (Lipinski definition) is 4. The molecule has 162 valence electrons. The van der Waals surface area contributed by atoms with E-state index in [1.165, 1.54) is 6.07 Å². The van der Waals surface area contributed by atoms with Gasteiger partial charge in [0.2, 0.25) is 0 Å². The molecule has 2 aromatic carbocycles. The summed E-state index contributed by atoms with van der Waals surface area (Å²) in [5.41, 5.74) is 1.25. The second-order valence-electron chi connectivity index (χ2n) is 7.90. The Balaban J connectivity index is 1.53. The molecule has 7 heteroatoms. The normalized spacial score (nSPS) is 14.8. The van der Waals surface area contributed by atoms with Crippen LogP contribution in [0.5, 0.6) is 0 Å². The number of halogens is 1. The first-order chi connectivity index (χ1) is 15.1. The number of aromatic nitrogens is 2. The number of nitrogens with one attached hydrogen (secondary N) is 1. The number of fused-ring (bicyclic) bond motifs is 1. The van der Waals surface area contributed by atoms with E-state index < -0.39 is 5.82 Å². The van der Waals surface area contributed by atoms with E-state index in [9.17, 15) is 14.0 Å². The molecule has 0 unspecified atom stereocenters. The Hall–Kier alpha value is -3.06. The highest BCUT2D eigenvalue weighted by molar-refractivity contribution is 5.94. The highest BCUT2D eigenvalue weighted by atomic mass is 19.1. The molecule has 1 aromatic heterocycles. The van der Waals surface area contributed by atoms with E-state index >= 15 is 0 Å². The minimum absolute atomic E-state index is 0.0687. The number of piperidine rings is 1. The number of carbonyl (C=O) groups excluding carboxylic acids is 1. The van der Waals surface area contributed by atoms with Gasteiger partial charge in [0.1, 0.15) is 5.82 Å². The van der Waals surface area contributed by atoms with E-state index in [4.69, 9.17) is 4.74 Å². The topological polar surface area (TPSA) is 75.3 Å². The summed E-state index contributed by atoms with van der Waals surface area (Å²) in [6, 6.07) is 11.8. The number of ether oxygens (including phenoxy) is 1. The number of benzene rings is 2. The monoisotopic (exact) mass is 423 g/mol. The maximum Gasteiger partial charge on any atom is 0.272 e. The van der Waals surface area contributed by atoms with Gasteiger partial charge in [-0.05, 0) is 43.0 Å². The Morgan fingerprint density at radius 2 is 1.94 bits per heavy atom. The van der Waals surface area contributed by atoms with Crippen molar-refractivity contribution in [3.8, 4) is 0 Å². The third kappa shape index (κ3) is 4.66. The van der Waals surface area contributed by atoms with Crippen LogP contribution in [-0.4, -0.2) is 46.8 Å². The standard InChI is InChI=1S/C24H26FN3O3/c1-2-13-31-17-9-11-28(12-10-17)24(30)20-14-16(7-8-21(20)25)15-22-18-5-3-4-6-19(18)23(29)27-26-22/h3-8,14,17H,2,9-13,15H2,1H3,(H,27,29). The molecule has 1 saturated heterocycles. The van der Waals surface area contributed by atoms with Gasteiger partial charge in [0, 0.05) is 31.5 Å². The first-order valence-electron chi connectivity index (χ1n) is 10.7. The second kappa shape index (κ2) is 9.39. The highest BCUT2D eigenvalue weighted by Gasteiger charge is 2.26. The van der Waals surface area contributed by atoms with Gasteiger partial charge >= 0.3 is 0 Å². The van der Waals surface area contributed by atoms with E-state index in [-0.39, 0.29) is 23.1 Å². The summed E-state index contributed by atoms with van der Waals surface area (Å²) in [6.07, 6.45) is 3.04.